The maximum absolute atomic E-state index is 12.1. The molecule has 0 aromatic carbocycles. The Hall–Kier alpha value is -0.710. The Morgan fingerprint density at radius 3 is 2.65 bits per heavy atom. The van der Waals surface area contributed by atoms with Gasteiger partial charge in [-0.25, -0.2) is 0 Å². The highest BCUT2D eigenvalue weighted by Crippen LogP contribution is 2.19. The van der Waals surface area contributed by atoms with Crippen molar-refractivity contribution in [1.82, 2.24) is 10.2 Å². The summed E-state index contributed by atoms with van der Waals surface area (Å²) >= 11 is 1.77. The molecule has 1 aliphatic rings. The van der Waals surface area contributed by atoms with Crippen molar-refractivity contribution in [2.24, 2.45) is 0 Å². The minimum absolute atomic E-state index is 0.0180. The predicted octanol–water partition coefficient (Wildman–Crippen LogP) is 1.25. The Morgan fingerprint density at radius 2 is 2.12 bits per heavy atom. The normalized spacial score (nSPS) is 26.9. The van der Waals surface area contributed by atoms with Crippen molar-refractivity contribution in [3.63, 3.8) is 0 Å². The number of hydrogen-bond donors (Lipinski definition) is 1. The molecule has 1 N–H and O–H groups in total. The Kier molecular flexibility index (Phi) is 5.31. The standard InChI is InChI=1S/C12H22N2O2S/c1-5-10-11(15)13-9(3)12(16)14(10)8(2)6-7-17-4/h8-10H,5-7H2,1-4H3,(H,13,15). The van der Waals surface area contributed by atoms with E-state index in [0.717, 1.165) is 12.2 Å². The number of carbonyl (C=O) groups excluding carboxylic acids is 2. The van der Waals surface area contributed by atoms with Crippen LogP contribution in [0.1, 0.15) is 33.6 Å². The van der Waals surface area contributed by atoms with Crippen LogP contribution in [0.5, 0.6) is 0 Å². The lowest BCUT2D eigenvalue weighted by atomic mass is 10.0. The van der Waals surface area contributed by atoms with Crippen molar-refractivity contribution >= 4 is 23.6 Å². The van der Waals surface area contributed by atoms with Crippen molar-refractivity contribution in [3.05, 3.63) is 0 Å². The number of nitrogens with zero attached hydrogens (tertiary/aromatic N) is 1. The molecule has 0 aliphatic carbocycles. The maximum Gasteiger partial charge on any atom is 0.245 e. The highest BCUT2D eigenvalue weighted by atomic mass is 32.2. The summed E-state index contributed by atoms with van der Waals surface area (Å²) in [5, 5.41) is 2.74. The van der Waals surface area contributed by atoms with Gasteiger partial charge in [0, 0.05) is 6.04 Å². The summed E-state index contributed by atoms with van der Waals surface area (Å²) in [7, 11) is 0. The molecule has 0 aromatic heterocycles. The van der Waals surface area contributed by atoms with Gasteiger partial charge in [0.05, 0.1) is 0 Å². The lowest BCUT2D eigenvalue weighted by Gasteiger charge is -2.41. The molecule has 98 valence electrons. The van der Waals surface area contributed by atoms with Gasteiger partial charge >= 0.3 is 0 Å². The van der Waals surface area contributed by atoms with Crippen LogP contribution in [0.3, 0.4) is 0 Å². The lowest BCUT2D eigenvalue weighted by molar-refractivity contribution is -0.151. The third-order valence-corrected chi connectivity index (χ3v) is 3.87. The van der Waals surface area contributed by atoms with Crippen molar-refractivity contribution in [2.45, 2.75) is 51.7 Å². The molecule has 0 saturated carbocycles. The molecule has 5 heteroatoms. The zero-order chi connectivity index (χ0) is 13.0. The molecule has 1 aliphatic heterocycles. The van der Waals surface area contributed by atoms with Gasteiger partial charge in [-0.1, -0.05) is 6.92 Å². The summed E-state index contributed by atoms with van der Waals surface area (Å²) in [6.45, 7) is 5.73. The van der Waals surface area contributed by atoms with E-state index < -0.39 is 0 Å². The quantitative estimate of drug-likeness (QED) is 0.807. The third-order valence-electron chi connectivity index (χ3n) is 3.22. The fourth-order valence-corrected chi connectivity index (χ4v) is 2.79. The molecule has 2 amide bonds. The van der Waals surface area contributed by atoms with Crippen molar-refractivity contribution in [1.29, 1.82) is 0 Å². The monoisotopic (exact) mass is 258 g/mol. The fourth-order valence-electron chi connectivity index (χ4n) is 2.21. The van der Waals surface area contributed by atoms with Crippen LogP contribution in [-0.4, -0.2) is 46.8 Å². The molecular weight excluding hydrogens is 236 g/mol. The molecule has 1 heterocycles. The molecule has 0 radical (unpaired) electrons. The topological polar surface area (TPSA) is 49.4 Å². The Labute approximate surface area is 108 Å². The van der Waals surface area contributed by atoms with Crippen LogP contribution in [0.2, 0.25) is 0 Å². The zero-order valence-corrected chi connectivity index (χ0v) is 11.8. The molecule has 17 heavy (non-hydrogen) atoms. The van der Waals surface area contributed by atoms with E-state index in [0.29, 0.717) is 6.42 Å². The van der Waals surface area contributed by atoms with Crippen LogP contribution in [-0.2, 0) is 9.59 Å². The molecule has 3 unspecified atom stereocenters. The minimum Gasteiger partial charge on any atom is -0.343 e. The van der Waals surface area contributed by atoms with E-state index in [1.807, 2.05) is 13.8 Å². The first-order valence-corrected chi connectivity index (χ1v) is 7.53. The molecule has 0 spiro atoms. The van der Waals surface area contributed by atoms with Gasteiger partial charge in [-0.3, -0.25) is 9.59 Å². The molecule has 1 fully saturated rings. The van der Waals surface area contributed by atoms with Gasteiger partial charge in [0.25, 0.3) is 0 Å². The van der Waals surface area contributed by atoms with E-state index in [4.69, 9.17) is 0 Å². The molecule has 4 nitrogen and oxygen atoms in total. The second-order valence-electron chi connectivity index (χ2n) is 4.53. The van der Waals surface area contributed by atoms with Crippen molar-refractivity contribution < 1.29 is 9.59 Å². The number of hydrogen-bond acceptors (Lipinski definition) is 3. The lowest BCUT2D eigenvalue weighted by Crippen LogP contribution is -2.64. The van der Waals surface area contributed by atoms with Crippen LogP contribution in [0, 0.1) is 0 Å². The zero-order valence-electron chi connectivity index (χ0n) is 11.0. The molecule has 1 rings (SSSR count). The Morgan fingerprint density at radius 1 is 1.47 bits per heavy atom. The molecule has 0 bridgehead atoms. The van der Waals surface area contributed by atoms with E-state index in [2.05, 4.69) is 11.6 Å². The van der Waals surface area contributed by atoms with Gasteiger partial charge < -0.3 is 10.2 Å². The molecule has 3 atom stereocenters. The predicted molar refractivity (Wildman–Crippen MR) is 71.0 cm³/mol. The average molecular weight is 258 g/mol. The summed E-state index contributed by atoms with van der Waals surface area (Å²) in [6, 6.07) is -0.550. The smallest absolute Gasteiger partial charge is 0.245 e. The molecular formula is C12H22N2O2S. The van der Waals surface area contributed by atoms with Crippen LogP contribution in [0.15, 0.2) is 0 Å². The van der Waals surface area contributed by atoms with E-state index in [9.17, 15) is 9.59 Å². The third kappa shape index (κ3) is 3.15. The van der Waals surface area contributed by atoms with E-state index in [-0.39, 0.29) is 29.9 Å². The van der Waals surface area contributed by atoms with E-state index >= 15 is 0 Å². The number of amides is 2. The fraction of sp³-hybridized carbons (Fsp3) is 0.833. The number of nitrogens with one attached hydrogen (secondary N) is 1. The largest absolute Gasteiger partial charge is 0.343 e. The summed E-state index contributed by atoms with van der Waals surface area (Å²) < 4.78 is 0. The van der Waals surface area contributed by atoms with Crippen LogP contribution in [0.25, 0.3) is 0 Å². The number of thioether (sulfide) groups is 1. The number of rotatable bonds is 5. The van der Waals surface area contributed by atoms with Gasteiger partial charge in [-0.05, 0) is 38.7 Å². The van der Waals surface area contributed by atoms with Crippen LogP contribution < -0.4 is 5.32 Å². The molecule has 0 aromatic rings. The maximum atomic E-state index is 12.1. The SMILES string of the molecule is CCC1C(=O)NC(C)C(=O)N1C(C)CCSC. The van der Waals surface area contributed by atoms with Crippen LogP contribution in [0.4, 0.5) is 0 Å². The highest BCUT2D eigenvalue weighted by molar-refractivity contribution is 7.98. The Balaban J connectivity index is 2.81. The summed E-state index contributed by atoms with van der Waals surface area (Å²) in [5.74, 6) is 1.04. The van der Waals surface area contributed by atoms with Crippen LogP contribution >= 0.6 is 11.8 Å². The molecule has 1 saturated heterocycles. The average Bonchev–Trinajstić information content (AvgIpc) is 2.30. The highest BCUT2D eigenvalue weighted by Gasteiger charge is 2.39. The van der Waals surface area contributed by atoms with Gasteiger partial charge in [-0.2, -0.15) is 11.8 Å². The van der Waals surface area contributed by atoms with Gasteiger partial charge in [-0.15, -0.1) is 0 Å². The van der Waals surface area contributed by atoms with Gasteiger partial charge in [0.2, 0.25) is 11.8 Å². The second-order valence-corrected chi connectivity index (χ2v) is 5.52. The summed E-state index contributed by atoms with van der Waals surface area (Å²) in [5.41, 5.74) is 0. The van der Waals surface area contributed by atoms with Gasteiger partial charge in [0.1, 0.15) is 12.1 Å². The van der Waals surface area contributed by atoms with Crippen molar-refractivity contribution in [2.75, 3.05) is 12.0 Å². The second kappa shape index (κ2) is 6.28. The number of piperazine rings is 1. The minimum atomic E-state index is -0.387. The van der Waals surface area contributed by atoms with Crippen molar-refractivity contribution in [3.8, 4) is 0 Å². The van der Waals surface area contributed by atoms with Gasteiger partial charge in [0.15, 0.2) is 0 Å². The Bertz CT molecular complexity index is 296. The number of carbonyl (C=O) groups is 2. The first kappa shape index (κ1) is 14.4. The van der Waals surface area contributed by atoms with E-state index in [1.165, 1.54) is 0 Å². The summed E-state index contributed by atoms with van der Waals surface area (Å²) in [6.07, 6.45) is 3.66. The first-order chi connectivity index (χ1) is 8.02. The summed E-state index contributed by atoms with van der Waals surface area (Å²) in [4.78, 5) is 25.8. The van der Waals surface area contributed by atoms with E-state index in [1.54, 1.807) is 23.6 Å². The first-order valence-electron chi connectivity index (χ1n) is 6.14.